The van der Waals surface area contributed by atoms with Crippen LogP contribution in [0.5, 0.6) is 0 Å². The molecule has 18 heavy (non-hydrogen) atoms. The number of pyridine rings is 1. The van der Waals surface area contributed by atoms with Crippen molar-refractivity contribution < 1.29 is 9.90 Å². The zero-order chi connectivity index (χ0) is 13.5. The van der Waals surface area contributed by atoms with Gasteiger partial charge in [-0.25, -0.2) is 0 Å². The molecule has 0 bridgehead atoms. The van der Waals surface area contributed by atoms with Crippen LogP contribution in [0.25, 0.3) is 0 Å². The first-order valence-corrected chi connectivity index (χ1v) is 6.26. The van der Waals surface area contributed by atoms with Gasteiger partial charge in [-0.05, 0) is 18.1 Å². The lowest BCUT2D eigenvalue weighted by Crippen LogP contribution is -2.27. The summed E-state index contributed by atoms with van der Waals surface area (Å²) < 4.78 is 0. The number of aromatic nitrogens is 1. The lowest BCUT2D eigenvalue weighted by molar-refractivity contribution is 0.0995. The van der Waals surface area contributed by atoms with Crippen LogP contribution in [0.15, 0.2) is 18.3 Å². The molecular formula is C13H21N3O2. The van der Waals surface area contributed by atoms with Gasteiger partial charge in [0.05, 0.1) is 6.10 Å². The van der Waals surface area contributed by atoms with Crippen LogP contribution >= 0.6 is 0 Å². The maximum Gasteiger partial charge on any atom is 0.267 e. The molecule has 0 radical (unpaired) electrons. The minimum absolute atomic E-state index is 0.219. The number of anilines is 1. The van der Waals surface area contributed by atoms with Gasteiger partial charge in [0.25, 0.3) is 5.91 Å². The lowest BCUT2D eigenvalue weighted by atomic mass is 9.96. The summed E-state index contributed by atoms with van der Waals surface area (Å²) in [6, 6.07) is 3.33. The Labute approximate surface area is 107 Å². The first-order valence-electron chi connectivity index (χ1n) is 6.26. The van der Waals surface area contributed by atoms with Gasteiger partial charge in [-0.15, -0.1) is 0 Å². The second-order valence-electron chi connectivity index (χ2n) is 4.32. The monoisotopic (exact) mass is 251 g/mol. The Hall–Kier alpha value is -1.62. The summed E-state index contributed by atoms with van der Waals surface area (Å²) in [5, 5.41) is 13.1. The summed E-state index contributed by atoms with van der Waals surface area (Å²) >= 11 is 0. The predicted molar refractivity (Wildman–Crippen MR) is 71.3 cm³/mol. The Morgan fingerprint density at radius 1 is 1.50 bits per heavy atom. The van der Waals surface area contributed by atoms with Gasteiger partial charge in [-0.3, -0.25) is 9.78 Å². The molecule has 1 aromatic rings. The van der Waals surface area contributed by atoms with Crippen LogP contribution in [-0.2, 0) is 0 Å². The fourth-order valence-electron chi connectivity index (χ4n) is 1.90. The quantitative estimate of drug-likeness (QED) is 0.683. The van der Waals surface area contributed by atoms with Gasteiger partial charge in [-0.2, -0.15) is 0 Å². The summed E-state index contributed by atoms with van der Waals surface area (Å²) in [4.78, 5) is 14.8. The van der Waals surface area contributed by atoms with E-state index in [-0.39, 0.29) is 11.6 Å². The first-order chi connectivity index (χ1) is 8.58. The van der Waals surface area contributed by atoms with Crippen molar-refractivity contribution in [3.05, 3.63) is 24.0 Å². The van der Waals surface area contributed by atoms with Crippen molar-refractivity contribution in [2.24, 2.45) is 11.7 Å². The molecule has 1 heterocycles. The van der Waals surface area contributed by atoms with E-state index in [1.54, 1.807) is 12.1 Å². The topological polar surface area (TPSA) is 88.2 Å². The van der Waals surface area contributed by atoms with Crippen molar-refractivity contribution in [2.45, 2.75) is 32.8 Å². The lowest BCUT2D eigenvalue weighted by Gasteiger charge is -2.20. The van der Waals surface area contributed by atoms with Gasteiger partial charge in [0.2, 0.25) is 0 Å². The third kappa shape index (κ3) is 4.00. The van der Waals surface area contributed by atoms with Crippen LogP contribution in [0.4, 0.5) is 5.69 Å². The van der Waals surface area contributed by atoms with Gasteiger partial charge < -0.3 is 16.2 Å². The van der Waals surface area contributed by atoms with Crippen molar-refractivity contribution >= 4 is 11.6 Å². The van der Waals surface area contributed by atoms with Crippen molar-refractivity contribution in [1.82, 2.24) is 4.98 Å². The van der Waals surface area contributed by atoms with E-state index in [2.05, 4.69) is 24.1 Å². The number of nitrogens with two attached hydrogens (primary N) is 1. The van der Waals surface area contributed by atoms with Crippen LogP contribution in [0, 0.1) is 5.92 Å². The van der Waals surface area contributed by atoms with E-state index in [0.29, 0.717) is 6.54 Å². The van der Waals surface area contributed by atoms with Gasteiger partial charge in [0.1, 0.15) is 5.69 Å². The van der Waals surface area contributed by atoms with Gasteiger partial charge in [0, 0.05) is 18.4 Å². The normalized spacial score (nSPS) is 12.4. The Balaban J connectivity index is 2.58. The number of aliphatic hydroxyl groups excluding tert-OH is 1. The molecule has 0 aliphatic rings. The highest BCUT2D eigenvalue weighted by Crippen LogP contribution is 2.14. The van der Waals surface area contributed by atoms with Crippen molar-refractivity contribution in [1.29, 1.82) is 0 Å². The van der Waals surface area contributed by atoms with E-state index in [1.165, 1.54) is 6.20 Å². The zero-order valence-corrected chi connectivity index (χ0v) is 10.9. The summed E-state index contributed by atoms with van der Waals surface area (Å²) in [5.41, 5.74) is 6.11. The molecule has 1 amide bonds. The summed E-state index contributed by atoms with van der Waals surface area (Å²) in [6.07, 6.45) is 3.02. The Kier molecular flexibility index (Phi) is 5.58. The molecule has 1 atom stereocenters. The largest absolute Gasteiger partial charge is 0.391 e. The molecule has 0 saturated carbocycles. The van der Waals surface area contributed by atoms with Gasteiger partial charge in [0.15, 0.2) is 0 Å². The number of primary amides is 1. The number of rotatable bonds is 7. The molecule has 0 aromatic carbocycles. The highest BCUT2D eigenvalue weighted by molar-refractivity contribution is 5.91. The van der Waals surface area contributed by atoms with E-state index >= 15 is 0 Å². The molecular weight excluding hydrogens is 230 g/mol. The van der Waals surface area contributed by atoms with Crippen molar-refractivity contribution in [2.75, 3.05) is 11.9 Å². The summed E-state index contributed by atoms with van der Waals surface area (Å²) in [5.74, 6) is -0.269. The van der Waals surface area contributed by atoms with Crippen molar-refractivity contribution in [3.63, 3.8) is 0 Å². The van der Waals surface area contributed by atoms with Crippen LogP contribution in [0.2, 0.25) is 0 Å². The summed E-state index contributed by atoms with van der Waals surface area (Å²) in [7, 11) is 0. The van der Waals surface area contributed by atoms with E-state index in [0.717, 1.165) is 18.5 Å². The SMILES string of the molecule is CCC(CC)C(O)CNc1ccnc(C(N)=O)c1. The van der Waals surface area contributed by atoms with Crippen LogP contribution in [-0.4, -0.2) is 28.6 Å². The maximum atomic E-state index is 11.0. The number of aliphatic hydroxyl groups is 1. The average Bonchev–Trinajstić information content (AvgIpc) is 2.38. The highest BCUT2D eigenvalue weighted by atomic mass is 16.3. The second-order valence-corrected chi connectivity index (χ2v) is 4.32. The van der Waals surface area contributed by atoms with Crippen LogP contribution in [0.1, 0.15) is 37.2 Å². The molecule has 5 heteroatoms. The van der Waals surface area contributed by atoms with E-state index < -0.39 is 12.0 Å². The Morgan fingerprint density at radius 2 is 2.17 bits per heavy atom. The number of nitrogens with zero attached hydrogens (tertiary/aromatic N) is 1. The Morgan fingerprint density at radius 3 is 2.72 bits per heavy atom. The second kappa shape index (κ2) is 6.96. The number of carbonyl (C=O) groups excluding carboxylic acids is 1. The molecule has 100 valence electrons. The molecule has 1 rings (SSSR count). The maximum absolute atomic E-state index is 11.0. The number of amides is 1. The molecule has 4 N–H and O–H groups in total. The Bertz CT molecular complexity index is 392. The molecule has 5 nitrogen and oxygen atoms in total. The van der Waals surface area contributed by atoms with Crippen LogP contribution in [0.3, 0.4) is 0 Å². The molecule has 0 aliphatic carbocycles. The number of carbonyl (C=O) groups is 1. The zero-order valence-electron chi connectivity index (χ0n) is 10.9. The molecule has 0 saturated heterocycles. The molecule has 0 aliphatic heterocycles. The number of hydrogen-bond donors (Lipinski definition) is 3. The predicted octanol–water partition coefficient (Wildman–Crippen LogP) is 1.39. The number of hydrogen-bond acceptors (Lipinski definition) is 4. The number of nitrogens with one attached hydrogen (secondary N) is 1. The average molecular weight is 251 g/mol. The molecule has 1 unspecified atom stereocenters. The van der Waals surface area contributed by atoms with E-state index in [4.69, 9.17) is 5.73 Å². The minimum atomic E-state index is -0.556. The van der Waals surface area contributed by atoms with Crippen molar-refractivity contribution in [3.8, 4) is 0 Å². The standard InChI is InChI=1S/C13H21N3O2/c1-3-9(4-2)12(17)8-16-10-5-6-15-11(7-10)13(14)18/h5-7,9,12,17H,3-4,8H2,1-2H3,(H2,14,18)(H,15,16). The van der Waals surface area contributed by atoms with Gasteiger partial charge >= 0.3 is 0 Å². The fraction of sp³-hybridized carbons (Fsp3) is 0.538. The third-order valence-electron chi connectivity index (χ3n) is 3.12. The minimum Gasteiger partial charge on any atom is -0.391 e. The molecule has 1 aromatic heterocycles. The molecule has 0 fully saturated rings. The summed E-state index contributed by atoms with van der Waals surface area (Å²) in [6.45, 7) is 4.58. The highest BCUT2D eigenvalue weighted by Gasteiger charge is 2.15. The first kappa shape index (κ1) is 14.4. The fourth-order valence-corrected chi connectivity index (χ4v) is 1.90. The third-order valence-corrected chi connectivity index (χ3v) is 3.12. The smallest absolute Gasteiger partial charge is 0.267 e. The van der Waals surface area contributed by atoms with Crippen LogP contribution < -0.4 is 11.1 Å². The molecule has 0 spiro atoms. The van der Waals surface area contributed by atoms with E-state index in [9.17, 15) is 9.90 Å². The van der Waals surface area contributed by atoms with E-state index in [1.807, 2.05) is 0 Å². The van der Waals surface area contributed by atoms with Gasteiger partial charge in [-0.1, -0.05) is 26.7 Å².